The molecule has 0 aliphatic carbocycles. The van der Waals surface area contributed by atoms with E-state index in [1.165, 1.54) is 13.2 Å². The Labute approximate surface area is 140 Å². The molecular weight excluding hydrogens is 345 g/mol. The molecule has 7 nitrogen and oxygen atoms in total. The Bertz CT molecular complexity index is 768. The summed E-state index contributed by atoms with van der Waals surface area (Å²) in [6.07, 6.45) is 3.14. The van der Waals surface area contributed by atoms with E-state index >= 15 is 0 Å². The Balaban J connectivity index is 2.23. The molecule has 1 aromatic heterocycles. The molecule has 0 radical (unpaired) electrons. The molecule has 2 aromatic rings. The molecule has 0 fully saturated rings. The first-order valence-corrected chi connectivity index (χ1v) is 6.92. The largest absolute Gasteiger partial charge is 0.465 e. The predicted molar refractivity (Wildman–Crippen MR) is 85.4 cm³/mol. The topological polar surface area (TPSA) is 95.2 Å². The molecule has 0 aliphatic rings. The van der Waals surface area contributed by atoms with Crippen molar-refractivity contribution in [3.8, 4) is 0 Å². The molecule has 118 valence electrons. The molecule has 0 amide bonds. The van der Waals surface area contributed by atoms with Crippen LogP contribution in [0.2, 0.25) is 10.3 Å². The van der Waals surface area contributed by atoms with Gasteiger partial charge in [-0.2, -0.15) is 0 Å². The number of benzene rings is 1. The number of rotatable bonds is 4. The van der Waals surface area contributed by atoms with Gasteiger partial charge in [-0.1, -0.05) is 41.4 Å². The second-order valence-corrected chi connectivity index (χ2v) is 4.93. The van der Waals surface area contributed by atoms with Gasteiger partial charge in [-0.05, 0) is 23.8 Å². The van der Waals surface area contributed by atoms with Crippen LogP contribution in [0.5, 0.6) is 0 Å². The van der Waals surface area contributed by atoms with Gasteiger partial charge < -0.3 is 4.74 Å². The Kier molecular flexibility index (Phi) is 5.25. The van der Waals surface area contributed by atoms with E-state index in [1.807, 2.05) is 0 Å². The zero-order chi connectivity index (χ0) is 17.0. The highest BCUT2D eigenvalue weighted by atomic mass is 35.5. The van der Waals surface area contributed by atoms with Crippen molar-refractivity contribution in [1.29, 1.82) is 0 Å². The first-order chi connectivity index (χ1) is 10.9. The van der Waals surface area contributed by atoms with Gasteiger partial charge in [-0.15, -0.1) is 0 Å². The summed E-state index contributed by atoms with van der Waals surface area (Å²) in [4.78, 5) is 28.9. The van der Waals surface area contributed by atoms with Gasteiger partial charge in [0.15, 0.2) is 5.82 Å². The van der Waals surface area contributed by atoms with Gasteiger partial charge in [0.1, 0.15) is 0 Å². The molecule has 0 bridgehead atoms. The van der Waals surface area contributed by atoms with Crippen molar-refractivity contribution in [2.75, 3.05) is 7.11 Å². The van der Waals surface area contributed by atoms with E-state index in [-0.39, 0.29) is 16.1 Å². The quantitative estimate of drug-likeness (QED) is 0.360. The van der Waals surface area contributed by atoms with Gasteiger partial charge in [-0.25, -0.2) is 14.8 Å². The lowest BCUT2D eigenvalue weighted by Gasteiger charge is -2.00. The number of halogens is 2. The third kappa shape index (κ3) is 4.02. The highest BCUT2D eigenvalue weighted by Crippen LogP contribution is 2.29. The summed E-state index contributed by atoms with van der Waals surface area (Å²) in [6, 6.07) is 6.58. The number of esters is 1. The van der Waals surface area contributed by atoms with Crippen molar-refractivity contribution in [3.63, 3.8) is 0 Å². The van der Waals surface area contributed by atoms with Crippen LogP contribution in [0.25, 0.3) is 12.2 Å². The van der Waals surface area contributed by atoms with Crippen LogP contribution >= 0.6 is 23.2 Å². The van der Waals surface area contributed by atoms with Crippen LogP contribution < -0.4 is 0 Å². The normalized spacial score (nSPS) is 10.7. The summed E-state index contributed by atoms with van der Waals surface area (Å²) >= 11 is 11.4. The van der Waals surface area contributed by atoms with Gasteiger partial charge in [0.05, 0.1) is 17.6 Å². The summed E-state index contributed by atoms with van der Waals surface area (Å²) in [6.45, 7) is 0. The number of aromatic nitrogens is 2. The summed E-state index contributed by atoms with van der Waals surface area (Å²) in [5.41, 5.74) is 0.641. The van der Waals surface area contributed by atoms with Gasteiger partial charge in [0.2, 0.25) is 10.3 Å². The summed E-state index contributed by atoms with van der Waals surface area (Å²) in [7, 11) is 1.30. The van der Waals surface area contributed by atoms with E-state index in [4.69, 9.17) is 23.2 Å². The monoisotopic (exact) mass is 353 g/mol. The average Bonchev–Trinajstić information content (AvgIpc) is 2.51. The second-order valence-electron chi connectivity index (χ2n) is 4.22. The average molecular weight is 354 g/mol. The summed E-state index contributed by atoms with van der Waals surface area (Å²) in [5.74, 6) is -0.305. The van der Waals surface area contributed by atoms with Crippen molar-refractivity contribution in [1.82, 2.24) is 9.97 Å². The van der Waals surface area contributed by atoms with Crippen LogP contribution in [-0.4, -0.2) is 28.0 Å². The predicted octanol–water partition coefficient (Wildman–Crippen LogP) is 3.65. The fraction of sp³-hybridized carbons (Fsp3) is 0.0714. The minimum atomic E-state index is -0.746. The van der Waals surface area contributed by atoms with Crippen molar-refractivity contribution >= 4 is 47.0 Å². The molecule has 2 rings (SSSR count). The highest BCUT2D eigenvalue weighted by molar-refractivity contribution is 6.36. The van der Waals surface area contributed by atoms with Gasteiger partial charge in [0.25, 0.3) is 0 Å². The van der Waals surface area contributed by atoms with E-state index in [9.17, 15) is 14.9 Å². The van der Waals surface area contributed by atoms with Crippen LogP contribution in [0.1, 0.15) is 21.7 Å². The molecular formula is C14H9Cl2N3O4. The number of carbonyl (C=O) groups excluding carboxylic acids is 1. The third-order valence-corrected chi connectivity index (χ3v) is 3.28. The SMILES string of the molecule is COC(=O)c1ccc(/C=C/c2nc(Cl)c([N+](=O)[O-])c(Cl)n2)cc1. The molecule has 0 N–H and O–H groups in total. The van der Waals surface area contributed by atoms with E-state index < -0.39 is 16.6 Å². The van der Waals surface area contributed by atoms with Crippen LogP contribution in [0.4, 0.5) is 5.69 Å². The minimum Gasteiger partial charge on any atom is -0.465 e. The first kappa shape index (κ1) is 16.9. The van der Waals surface area contributed by atoms with Gasteiger partial charge in [-0.3, -0.25) is 10.1 Å². The standard InChI is InChI=1S/C14H9Cl2N3O4/c1-23-14(20)9-5-2-8(3-6-9)4-7-10-17-12(15)11(19(21)22)13(16)18-10/h2-7H,1H3/b7-4+. The zero-order valence-corrected chi connectivity index (χ0v) is 13.2. The number of methoxy groups -OCH3 is 1. The lowest BCUT2D eigenvalue weighted by Crippen LogP contribution is -2.00. The number of nitrogens with zero attached hydrogens (tertiary/aromatic N) is 3. The Hall–Kier alpha value is -2.51. The Morgan fingerprint density at radius 2 is 1.74 bits per heavy atom. The Morgan fingerprint density at radius 1 is 1.17 bits per heavy atom. The van der Waals surface area contributed by atoms with E-state index in [0.717, 1.165) is 5.56 Å². The molecule has 0 saturated heterocycles. The summed E-state index contributed by atoms with van der Waals surface area (Å²) < 4.78 is 4.60. The van der Waals surface area contributed by atoms with Crippen molar-refractivity contribution in [2.24, 2.45) is 0 Å². The molecule has 1 heterocycles. The van der Waals surface area contributed by atoms with Crippen molar-refractivity contribution < 1.29 is 14.5 Å². The number of ether oxygens (including phenoxy) is 1. The number of hydrogen-bond donors (Lipinski definition) is 0. The highest BCUT2D eigenvalue weighted by Gasteiger charge is 2.21. The van der Waals surface area contributed by atoms with Crippen LogP contribution in [0.3, 0.4) is 0 Å². The molecule has 0 saturated carbocycles. The smallest absolute Gasteiger partial charge is 0.343 e. The number of carbonyl (C=O) groups is 1. The molecule has 9 heteroatoms. The van der Waals surface area contributed by atoms with Crippen molar-refractivity contribution in [3.05, 3.63) is 61.6 Å². The molecule has 23 heavy (non-hydrogen) atoms. The van der Waals surface area contributed by atoms with E-state index in [1.54, 1.807) is 30.3 Å². The van der Waals surface area contributed by atoms with Crippen LogP contribution in [0.15, 0.2) is 24.3 Å². The molecule has 0 atom stereocenters. The maximum atomic E-state index is 11.3. The Morgan fingerprint density at radius 3 is 2.22 bits per heavy atom. The molecule has 0 aliphatic heterocycles. The molecule has 0 unspecified atom stereocenters. The first-order valence-electron chi connectivity index (χ1n) is 6.16. The van der Waals surface area contributed by atoms with E-state index in [0.29, 0.717) is 5.56 Å². The zero-order valence-electron chi connectivity index (χ0n) is 11.7. The number of hydrogen-bond acceptors (Lipinski definition) is 6. The molecule has 0 spiro atoms. The number of nitro groups is 1. The lowest BCUT2D eigenvalue weighted by molar-refractivity contribution is -0.385. The fourth-order valence-corrected chi connectivity index (χ4v) is 2.20. The maximum Gasteiger partial charge on any atom is 0.343 e. The maximum absolute atomic E-state index is 11.3. The second kappa shape index (κ2) is 7.17. The fourth-order valence-electron chi connectivity index (χ4n) is 1.66. The van der Waals surface area contributed by atoms with E-state index in [2.05, 4.69) is 14.7 Å². The van der Waals surface area contributed by atoms with Crippen molar-refractivity contribution in [2.45, 2.75) is 0 Å². The molecule has 1 aromatic carbocycles. The summed E-state index contributed by atoms with van der Waals surface area (Å²) in [5, 5.41) is 10.1. The van der Waals surface area contributed by atoms with Gasteiger partial charge in [0, 0.05) is 0 Å². The third-order valence-electron chi connectivity index (χ3n) is 2.76. The lowest BCUT2D eigenvalue weighted by atomic mass is 10.1. The van der Waals surface area contributed by atoms with Gasteiger partial charge >= 0.3 is 11.7 Å². The van der Waals surface area contributed by atoms with Crippen LogP contribution in [-0.2, 0) is 4.74 Å². The minimum absolute atomic E-state index is 0.127. The van der Waals surface area contributed by atoms with Crippen LogP contribution in [0, 0.1) is 10.1 Å².